The maximum Gasteiger partial charge on any atom is 0.187 e. The molecule has 5 unspecified atom stereocenters. The zero-order chi connectivity index (χ0) is 23.0. The first-order valence-electron chi connectivity index (χ1n) is 10.4. The minimum atomic E-state index is -1.43. The van der Waals surface area contributed by atoms with Gasteiger partial charge in [0.1, 0.15) is 48.8 Å². The Labute approximate surface area is 179 Å². The molecule has 2 heterocycles. The van der Waals surface area contributed by atoms with Crippen LogP contribution in [0.1, 0.15) is 13.3 Å². The topological polar surface area (TPSA) is 236 Å². The van der Waals surface area contributed by atoms with E-state index in [-0.39, 0.29) is 12.5 Å². The molecule has 182 valence electrons. The van der Waals surface area contributed by atoms with Gasteiger partial charge in [-0.3, -0.25) is 0 Å². The Balaban J connectivity index is 1.78. The monoisotopic (exact) mass is 453 g/mol. The van der Waals surface area contributed by atoms with Crippen LogP contribution in [0.4, 0.5) is 0 Å². The Bertz CT molecular complexity index is 589. The molecular weight excluding hydrogens is 418 g/mol. The van der Waals surface area contributed by atoms with Gasteiger partial charge in [-0.25, -0.2) is 0 Å². The van der Waals surface area contributed by atoms with Gasteiger partial charge in [-0.15, -0.1) is 0 Å². The maximum absolute atomic E-state index is 10.8. The number of rotatable bonds is 6. The van der Waals surface area contributed by atoms with Crippen molar-refractivity contribution >= 4 is 0 Å². The van der Waals surface area contributed by atoms with E-state index in [1.54, 1.807) is 6.92 Å². The van der Waals surface area contributed by atoms with Crippen LogP contribution in [0.15, 0.2) is 0 Å². The molecule has 0 aromatic heterocycles. The van der Waals surface area contributed by atoms with Gasteiger partial charge in [-0.1, -0.05) is 6.92 Å². The molecule has 2 aliphatic heterocycles. The standard InChI is InChI=1S/C18H35N3O10/c1-5-2-6(20)15(30-17-9(21)13(26)12(25)8(4-22)29-17)16(10(5)23)31-18-14(27)11(24)7(3-19)28-18/h5-18,22-27H,2-4,19-21H2,1H3/t5-,6?,7-,8?,9?,10?,11+,12+,13-,14?,15+,16-,17+,18+/m1/s1. The summed E-state index contributed by atoms with van der Waals surface area (Å²) in [6.45, 7) is 1.14. The van der Waals surface area contributed by atoms with E-state index in [0.717, 1.165) is 0 Å². The van der Waals surface area contributed by atoms with Crippen molar-refractivity contribution in [1.82, 2.24) is 0 Å². The van der Waals surface area contributed by atoms with E-state index in [1.807, 2.05) is 0 Å². The van der Waals surface area contributed by atoms with Gasteiger partial charge in [-0.05, 0) is 12.3 Å². The van der Waals surface area contributed by atoms with Gasteiger partial charge in [0, 0.05) is 12.6 Å². The smallest absolute Gasteiger partial charge is 0.187 e. The summed E-state index contributed by atoms with van der Waals surface area (Å²) >= 11 is 0. The third-order valence-corrected chi connectivity index (χ3v) is 6.37. The van der Waals surface area contributed by atoms with Gasteiger partial charge < -0.3 is 66.8 Å². The van der Waals surface area contributed by atoms with Gasteiger partial charge in [0.2, 0.25) is 0 Å². The lowest BCUT2D eigenvalue weighted by Gasteiger charge is -2.47. The maximum atomic E-state index is 10.8. The minimum absolute atomic E-state index is 0.0469. The highest BCUT2D eigenvalue weighted by atomic mass is 16.7. The molecule has 0 spiro atoms. The van der Waals surface area contributed by atoms with E-state index >= 15 is 0 Å². The second-order valence-corrected chi connectivity index (χ2v) is 8.61. The molecule has 1 aliphatic carbocycles. The zero-order valence-corrected chi connectivity index (χ0v) is 17.3. The number of hydrogen-bond acceptors (Lipinski definition) is 13. The SMILES string of the molecule is C[C@@H]1CC(N)[C@H](O[C@@H]2OC(CO)[C@H](O)[C@H](O)C2N)[C@H](O[C@@H]2O[C@H](CN)[C@H](O)C2O)C1O. The van der Waals surface area contributed by atoms with E-state index in [1.165, 1.54) is 0 Å². The molecule has 13 nitrogen and oxygen atoms in total. The Morgan fingerprint density at radius 3 is 1.97 bits per heavy atom. The first kappa shape index (κ1) is 25.1. The third kappa shape index (κ3) is 4.89. The fourth-order valence-corrected chi connectivity index (χ4v) is 4.36. The second-order valence-electron chi connectivity index (χ2n) is 8.61. The van der Waals surface area contributed by atoms with Crippen molar-refractivity contribution in [1.29, 1.82) is 0 Å². The first-order chi connectivity index (χ1) is 14.6. The molecule has 0 aromatic rings. The molecule has 1 saturated carbocycles. The number of ether oxygens (including phenoxy) is 4. The lowest BCUT2D eigenvalue weighted by atomic mass is 9.80. The minimum Gasteiger partial charge on any atom is -0.394 e. The van der Waals surface area contributed by atoms with E-state index < -0.39 is 86.2 Å². The predicted octanol–water partition coefficient (Wildman–Crippen LogP) is -5.34. The summed E-state index contributed by atoms with van der Waals surface area (Å²) in [5.74, 6) is -0.285. The van der Waals surface area contributed by atoms with Gasteiger partial charge in [0.05, 0.1) is 18.8 Å². The van der Waals surface area contributed by atoms with Crippen LogP contribution in [0, 0.1) is 5.92 Å². The van der Waals surface area contributed by atoms with Crippen LogP contribution in [0.3, 0.4) is 0 Å². The van der Waals surface area contributed by atoms with Gasteiger partial charge in [-0.2, -0.15) is 0 Å². The van der Waals surface area contributed by atoms with E-state index in [0.29, 0.717) is 6.42 Å². The highest BCUT2D eigenvalue weighted by Gasteiger charge is 2.51. The summed E-state index contributed by atoms with van der Waals surface area (Å²) in [4.78, 5) is 0. The van der Waals surface area contributed by atoms with Crippen molar-refractivity contribution < 1.29 is 49.6 Å². The van der Waals surface area contributed by atoms with Gasteiger partial charge >= 0.3 is 0 Å². The van der Waals surface area contributed by atoms with E-state index in [2.05, 4.69) is 0 Å². The number of aliphatic hydroxyl groups excluding tert-OH is 6. The average Bonchev–Trinajstić information content (AvgIpc) is 3.02. The van der Waals surface area contributed by atoms with Gasteiger partial charge in [0.25, 0.3) is 0 Å². The molecule has 3 rings (SSSR count). The Morgan fingerprint density at radius 2 is 1.39 bits per heavy atom. The highest BCUT2D eigenvalue weighted by molar-refractivity contribution is 4.99. The molecule has 0 amide bonds. The first-order valence-corrected chi connectivity index (χ1v) is 10.4. The summed E-state index contributed by atoms with van der Waals surface area (Å²) in [5, 5.41) is 60.6. The Hall–Kier alpha value is -0.520. The van der Waals surface area contributed by atoms with Crippen LogP contribution in [-0.2, 0) is 18.9 Å². The van der Waals surface area contributed by atoms with Crippen LogP contribution >= 0.6 is 0 Å². The van der Waals surface area contributed by atoms with Crippen molar-refractivity contribution in [3.8, 4) is 0 Å². The van der Waals surface area contributed by atoms with Crippen LogP contribution in [0.25, 0.3) is 0 Å². The molecule has 3 aliphatic rings. The molecule has 3 fully saturated rings. The lowest BCUT2D eigenvalue weighted by Crippen LogP contribution is -2.66. The Morgan fingerprint density at radius 1 is 0.806 bits per heavy atom. The van der Waals surface area contributed by atoms with Crippen LogP contribution in [-0.4, -0.2) is 123 Å². The molecule has 12 N–H and O–H groups in total. The summed E-state index contributed by atoms with van der Waals surface area (Å²) in [7, 11) is 0. The van der Waals surface area contributed by atoms with Crippen LogP contribution < -0.4 is 17.2 Å². The van der Waals surface area contributed by atoms with E-state index in [4.69, 9.17) is 36.1 Å². The number of aliphatic hydroxyl groups is 6. The molecule has 2 saturated heterocycles. The van der Waals surface area contributed by atoms with Gasteiger partial charge in [0.15, 0.2) is 12.6 Å². The quantitative estimate of drug-likeness (QED) is 0.183. The van der Waals surface area contributed by atoms with Crippen LogP contribution in [0.5, 0.6) is 0 Å². The molecule has 14 atom stereocenters. The van der Waals surface area contributed by atoms with Crippen LogP contribution in [0.2, 0.25) is 0 Å². The fourth-order valence-electron chi connectivity index (χ4n) is 4.36. The zero-order valence-electron chi connectivity index (χ0n) is 17.3. The summed E-state index contributed by atoms with van der Waals surface area (Å²) in [5.41, 5.74) is 17.7. The third-order valence-electron chi connectivity index (χ3n) is 6.37. The molecule has 13 heteroatoms. The lowest BCUT2D eigenvalue weighted by molar-refractivity contribution is -0.312. The van der Waals surface area contributed by atoms with E-state index in [9.17, 15) is 30.6 Å². The normalized spacial score (nSPS) is 53.6. The summed E-state index contributed by atoms with van der Waals surface area (Å²) in [6, 6.07) is -1.82. The number of hydrogen-bond donors (Lipinski definition) is 9. The molecule has 0 radical (unpaired) electrons. The molecule has 0 aromatic carbocycles. The fraction of sp³-hybridized carbons (Fsp3) is 1.00. The summed E-state index contributed by atoms with van der Waals surface area (Å²) < 4.78 is 22.7. The second kappa shape index (κ2) is 10.2. The molecule has 31 heavy (non-hydrogen) atoms. The predicted molar refractivity (Wildman–Crippen MR) is 103 cm³/mol. The average molecular weight is 453 g/mol. The van der Waals surface area contributed by atoms with Crippen molar-refractivity contribution in [3.05, 3.63) is 0 Å². The van der Waals surface area contributed by atoms with Crippen molar-refractivity contribution in [2.45, 2.75) is 92.9 Å². The Kier molecular flexibility index (Phi) is 8.24. The molecule has 0 bridgehead atoms. The number of nitrogens with two attached hydrogens (primary N) is 3. The summed E-state index contributed by atoms with van der Waals surface area (Å²) in [6.07, 6.45) is -12.9. The van der Waals surface area contributed by atoms with Crippen molar-refractivity contribution in [2.75, 3.05) is 13.2 Å². The molecular formula is C18H35N3O10. The van der Waals surface area contributed by atoms with Crippen molar-refractivity contribution in [2.24, 2.45) is 23.1 Å². The largest absolute Gasteiger partial charge is 0.394 e. The van der Waals surface area contributed by atoms with Crippen molar-refractivity contribution in [3.63, 3.8) is 0 Å². The highest BCUT2D eigenvalue weighted by Crippen LogP contribution is 2.34.